The zero-order chi connectivity index (χ0) is 37.1. The highest BCUT2D eigenvalue weighted by Crippen LogP contribution is 2.31. The molecular weight excluding hydrogens is 617 g/mol. The van der Waals surface area contributed by atoms with Gasteiger partial charge in [0, 0.05) is 37.6 Å². The van der Waals surface area contributed by atoms with E-state index in [9.17, 15) is 0 Å². The lowest BCUT2D eigenvalue weighted by Crippen LogP contribution is -2.26. The topological polar surface area (TPSA) is 6.48 Å². The van der Waals surface area contributed by atoms with Crippen LogP contribution in [0.1, 0.15) is 215 Å². The molecule has 0 saturated carbocycles. The molecule has 51 heavy (non-hydrogen) atoms. The number of hydrogen-bond acceptors (Lipinski definition) is 2. The minimum Gasteiger partial charge on any atom is -0.372 e. The molecule has 0 N–H and O–H groups in total. The summed E-state index contributed by atoms with van der Waals surface area (Å²) in [4.78, 5) is 5.47. The molecule has 0 saturated heterocycles. The molecule has 292 valence electrons. The van der Waals surface area contributed by atoms with E-state index >= 15 is 0 Å². The highest BCUT2D eigenvalue weighted by molar-refractivity contribution is 5.58. The summed E-state index contributed by atoms with van der Waals surface area (Å²) in [5.74, 6) is 0. The van der Waals surface area contributed by atoms with Gasteiger partial charge in [-0.25, -0.2) is 0 Å². The van der Waals surface area contributed by atoms with Crippen molar-refractivity contribution in [3.8, 4) is 0 Å². The SMILES string of the molecule is CCCCCCCCN(CCCCCCCC)c1cc(C)c(Cc2c(C)cc(N(CCCCCCCC)CCCCCCCC)cc2C)c(C)c1. The average Bonchev–Trinajstić information content (AvgIpc) is 3.11. The normalized spacial score (nSPS) is 11.5. The molecule has 0 radical (unpaired) electrons. The van der Waals surface area contributed by atoms with Gasteiger partial charge < -0.3 is 9.80 Å². The molecule has 0 aromatic heterocycles. The Bertz CT molecular complexity index is 981. The summed E-state index contributed by atoms with van der Waals surface area (Å²) in [6.07, 6.45) is 33.8. The lowest BCUT2D eigenvalue weighted by atomic mass is 9.90. The van der Waals surface area contributed by atoms with Crippen molar-refractivity contribution in [2.75, 3.05) is 36.0 Å². The third-order valence-electron chi connectivity index (χ3n) is 11.6. The lowest BCUT2D eigenvalue weighted by Gasteiger charge is -2.28. The van der Waals surface area contributed by atoms with Crippen molar-refractivity contribution in [1.29, 1.82) is 0 Å². The molecule has 0 atom stereocenters. The molecule has 2 rings (SSSR count). The predicted octanol–water partition coefficient (Wildman–Crippen LogP) is 15.6. The van der Waals surface area contributed by atoms with E-state index in [1.807, 2.05) is 0 Å². The number of nitrogens with zero attached hydrogens (tertiary/aromatic N) is 2. The van der Waals surface area contributed by atoms with Crippen LogP contribution in [0.3, 0.4) is 0 Å². The first-order chi connectivity index (χ1) is 24.9. The minimum absolute atomic E-state index is 1.04. The van der Waals surface area contributed by atoms with Gasteiger partial charge >= 0.3 is 0 Å². The first-order valence-electron chi connectivity index (χ1n) is 22.6. The van der Waals surface area contributed by atoms with Gasteiger partial charge in [0.2, 0.25) is 0 Å². The van der Waals surface area contributed by atoms with Crippen molar-refractivity contribution in [1.82, 2.24) is 0 Å². The fourth-order valence-electron chi connectivity index (χ4n) is 8.11. The van der Waals surface area contributed by atoms with Crippen LogP contribution in [0.15, 0.2) is 24.3 Å². The summed E-state index contributed by atoms with van der Waals surface area (Å²) >= 11 is 0. The summed E-state index contributed by atoms with van der Waals surface area (Å²) in [7, 11) is 0. The van der Waals surface area contributed by atoms with Crippen LogP contribution < -0.4 is 9.80 Å². The van der Waals surface area contributed by atoms with Gasteiger partial charge in [-0.1, -0.05) is 156 Å². The van der Waals surface area contributed by atoms with Crippen LogP contribution in [0.5, 0.6) is 0 Å². The van der Waals surface area contributed by atoms with Crippen molar-refractivity contribution in [2.24, 2.45) is 0 Å². The fourth-order valence-corrected chi connectivity index (χ4v) is 8.11. The van der Waals surface area contributed by atoms with Crippen molar-refractivity contribution in [3.05, 3.63) is 57.6 Å². The van der Waals surface area contributed by atoms with Gasteiger partial charge in [0.15, 0.2) is 0 Å². The van der Waals surface area contributed by atoms with Crippen LogP contribution in [0.25, 0.3) is 0 Å². The Morgan fingerprint density at radius 2 is 0.529 bits per heavy atom. The summed E-state index contributed by atoms with van der Waals surface area (Å²) in [5, 5.41) is 0. The Hall–Kier alpha value is -1.96. The van der Waals surface area contributed by atoms with Crippen LogP contribution in [0.4, 0.5) is 11.4 Å². The molecule has 2 aromatic carbocycles. The second kappa shape index (κ2) is 28.5. The first-order valence-corrected chi connectivity index (χ1v) is 22.6. The van der Waals surface area contributed by atoms with Gasteiger partial charge in [-0.05, 0) is 117 Å². The van der Waals surface area contributed by atoms with E-state index < -0.39 is 0 Å². The zero-order valence-electron chi connectivity index (χ0n) is 35.7. The highest BCUT2D eigenvalue weighted by atomic mass is 15.1. The molecule has 0 aliphatic rings. The van der Waals surface area contributed by atoms with Gasteiger partial charge in [-0.15, -0.1) is 0 Å². The summed E-state index contributed by atoms with van der Waals surface area (Å²) in [6.45, 7) is 23.6. The Morgan fingerprint density at radius 1 is 0.314 bits per heavy atom. The minimum atomic E-state index is 1.04. The van der Waals surface area contributed by atoms with E-state index in [4.69, 9.17) is 0 Å². The third-order valence-corrected chi connectivity index (χ3v) is 11.6. The van der Waals surface area contributed by atoms with E-state index in [0.717, 1.165) is 6.42 Å². The van der Waals surface area contributed by atoms with Gasteiger partial charge in [0.05, 0.1) is 0 Å². The van der Waals surface area contributed by atoms with Crippen LogP contribution >= 0.6 is 0 Å². The average molecular weight is 703 g/mol. The number of hydrogen-bond donors (Lipinski definition) is 0. The van der Waals surface area contributed by atoms with Crippen LogP contribution in [-0.4, -0.2) is 26.2 Å². The molecular formula is C49H86N2. The lowest BCUT2D eigenvalue weighted by molar-refractivity contribution is 0.574. The fraction of sp³-hybridized carbons (Fsp3) is 0.755. The monoisotopic (exact) mass is 703 g/mol. The molecule has 0 aliphatic heterocycles. The second-order valence-corrected chi connectivity index (χ2v) is 16.3. The quantitative estimate of drug-likeness (QED) is 0.0700. The Balaban J connectivity index is 2.18. The molecule has 0 aliphatic carbocycles. The van der Waals surface area contributed by atoms with Gasteiger partial charge in [0.1, 0.15) is 0 Å². The van der Waals surface area contributed by atoms with E-state index in [-0.39, 0.29) is 0 Å². The summed E-state index contributed by atoms with van der Waals surface area (Å²) in [6, 6.07) is 10.1. The van der Waals surface area contributed by atoms with Gasteiger partial charge in [-0.2, -0.15) is 0 Å². The number of rotatable bonds is 32. The Labute approximate surface area is 320 Å². The largest absolute Gasteiger partial charge is 0.372 e. The zero-order valence-corrected chi connectivity index (χ0v) is 35.7. The van der Waals surface area contributed by atoms with Crippen molar-refractivity contribution in [3.63, 3.8) is 0 Å². The molecule has 0 amide bonds. The van der Waals surface area contributed by atoms with Crippen molar-refractivity contribution < 1.29 is 0 Å². The maximum Gasteiger partial charge on any atom is 0.0371 e. The Kier molecular flexibility index (Phi) is 25.3. The maximum absolute atomic E-state index is 2.73. The third kappa shape index (κ3) is 18.6. The number of unbranched alkanes of at least 4 members (excludes halogenated alkanes) is 20. The molecule has 2 aromatic rings. The van der Waals surface area contributed by atoms with E-state index in [1.54, 1.807) is 0 Å². The van der Waals surface area contributed by atoms with Crippen LogP contribution in [0.2, 0.25) is 0 Å². The predicted molar refractivity (Wildman–Crippen MR) is 233 cm³/mol. The van der Waals surface area contributed by atoms with Gasteiger partial charge in [0.25, 0.3) is 0 Å². The molecule has 2 nitrogen and oxygen atoms in total. The molecule has 0 fully saturated rings. The number of benzene rings is 2. The Morgan fingerprint density at radius 3 is 0.765 bits per heavy atom. The molecule has 0 bridgehead atoms. The second-order valence-electron chi connectivity index (χ2n) is 16.3. The number of aryl methyl sites for hydroxylation is 4. The van der Waals surface area contributed by atoms with Crippen LogP contribution in [0, 0.1) is 27.7 Å². The molecule has 2 heteroatoms. The molecule has 0 spiro atoms. The van der Waals surface area contributed by atoms with E-state index in [1.165, 1.54) is 225 Å². The first kappa shape index (κ1) is 45.2. The molecule has 0 heterocycles. The smallest absolute Gasteiger partial charge is 0.0371 e. The maximum atomic E-state index is 2.73. The van der Waals surface area contributed by atoms with E-state index in [2.05, 4.69) is 89.5 Å². The van der Waals surface area contributed by atoms with Crippen molar-refractivity contribution in [2.45, 2.75) is 216 Å². The van der Waals surface area contributed by atoms with E-state index in [0.29, 0.717) is 0 Å². The summed E-state index contributed by atoms with van der Waals surface area (Å²) < 4.78 is 0. The highest BCUT2D eigenvalue weighted by Gasteiger charge is 2.16. The van der Waals surface area contributed by atoms with Crippen LogP contribution in [-0.2, 0) is 6.42 Å². The standard InChI is InChI=1S/C49H86N2/c1-9-13-17-21-25-29-33-50(34-30-26-22-18-14-10-2)46-37-42(5)48(43(6)38-46)41-49-44(7)39-47(40-45(49)8)51(35-31-27-23-19-15-11-3)36-32-28-24-20-16-12-4/h37-40H,9-36,41H2,1-8H3. The number of anilines is 2. The molecule has 0 unspecified atom stereocenters. The van der Waals surface area contributed by atoms with Gasteiger partial charge in [-0.3, -0.25) is 0 Å². The van der Waals surface area contributed by atoms with Crippen molar-refractivity contribution >= 4 is 11.4 Å². The summed E-state index contributed by atoms with van der Waals surface area (Å²) in [5.41, 5.74) is 11.9.